The minimum Gasteiger partial charge on any atom is -0.497 e. The molecule has 0 aliphatic rings. The lowest BCUT2D eigenvalue weighted by Gasteiger charge is -2.22. The van der Waals surface area contributed by atoms with Crippen molar-refractivity contribution in [2.45, 2.75) is 38.5 Å². The number of carbonyl (C=O) groups excluding carboxylic acids is 3. The van der Waals surface area contributed by atoms with E-state index in [4.69, 9.17) is 9.47 Å². The molecule has 0 spiro atoms. The van der Waals surface area contributed by atoms with Gasteiger partial charge < -0.3 is 24.7 Å². The van der Waals surface area contributed by atoms with E-state index in [1.54, 1.807) is 68.6 Å². The van der Waals surface area contributed by atoms with Crippen LogP contribution in [0.5, 0.6) is 5.75 Å². The summed E-state index contributed by atoms with van der Waals surface area (Å²) in [5, 5.41) is 15.0. The maximum atomic E-state index is 13.0. The van der Waals surface area contributed by atoms with E-state index in [-0.39, 0.29) is 30.1 Å². The molecule has 0 aliphatic heterocycles. The first-order valence-electron chi connectivity index (χ1n) is 12.5. The average molecular weight is 552 g/mol. The fourth-order valence-corrected chi connectivity index (χ4v) is 4.45. The summed E-state index contributed by atoms with van der Waals surface area (Å²) in [6, 6.07) is 13.0. The number of thioether (sulfide) groups is 1. The Morgan fingerprint density at radius 1 is 1.10 bits per heavy atom. The maximum Gasteiger partial charge on any atom is 0.338 e. The monoisotopic (exact) mass is 551 g/mol. The minimum atomic E-state index is -0.452. The Hall–Kier alpha value is -4.12. The molecular weight excluding hydrogens is 518 g/mol. The number of allylic oxidation sites excluding steroid dienone is 1. The van der Waals surface area contributed by atoms with Gasteiger partial charge in [-0.15, -0.1) is 16.8 Å². The predicted octanol–water partition coefficient (Wildman–Crippen LogP) is 4.51. The number of rotatable bonds is 13. The Labute approximate surface area is 232 Å². The van der Waals surface area contributed by atoms with Gasteiger partial charge in [0, 0.05) is 17.8 Å². The van der Waals surface area contributed by atoms with Crippen molar-refractivity contribution in [2.24, 2.45) is 5.92 Å². The lowest BCUT2D eigenvalue weighted by molar-refractivity contribution is -0.113. The summed E-state index contributed by atoms with van der Waals surface area (Å²) < 4.78 is 12.0. The molecule has 2 aromatic carbocycles. The molecule has 39 heavy (non-hydrogen) atoms. The highest BCUT2D eigenvalue weighted by atomic mass is 32.2. The molecule has 0 aliphatic carbocycles. The number of nitrogens with one attached hydrogen (secondary N) is 2. The number of esters is 1. The number of ether oxygens (including phenoxy) is 2. The second-order valence-electron chi connectivity index (χ2n) is 8.80. The third-order valence-corrected chi connectivity index (χ3v) is 6.60. The molecule has 11 heteroatoms. The molecule has 0 bridgehead atoms. The van der Waals surface area contributed by atoms with Crippen molar-refractivity contribution in [1.82, 2.24) is 20.1 Å². The number of nitrogens with zero attached hydrogens (tertiary/aromatic N) is 3. The molecule has 1 atom stereocenters. The fourth-order valence-electron chi connectivity index (χ4n) is 3.70. The van der Waals surface area contributed by atoms with E-state index in [9.17, 15) is 14.4 Å². The molecule has 0 saturated heterocycles. The summed E-state index contributed by atoms with van der Waals surface area (Å²) in [5.74, 6) is 0.322. The number of carbonyl (C=O) groups is 3. The summed E-state index contributed by atoms with van der Waals surface area (Å²) in [7, 11) is 1.57. The van der Waals surface area contributed by atoms with Crippen LogP contribution < -0.4 is 15.4 Å². The Bertz CT molecular complexity index is 1310. The van der Waals surface area contributed by atoms with Gasteiger partial charge in [-0.3, -0.25) is 9.59 Å². The number of aromatic nitrogens is 3. The molecule has 3 aromatic rings. The SMILES string of the molecule is C=CCn1c(SCC(=O)Nc2cccc(C(=O)OCC)c2)nnc1[C@@H](NC(=O)c1ccc(OC)cc1)C(C)C. The van der Waals surface area contributed by atoms with Crippen molar-refractivity contribution < 1.29 is 23.9 Å². The van der Waals surface area contributed by atoms with E-state index in [0.717, 1.165) is 0 Å². The molecular formula is C28H33N5O5S. The van der Waals surface area contributed by atoms with Gasteiger partial charge in [0.2, 0.25) is 5.91 Å². The van der Waals surface area contributed by atoms with Crippen LogP contribution in [-0.4, -0.2) is 52.0 Å². The molecule has 2 amide bonds. The van der Waals surface area contributed by atoms with Crippen molar-refractivity contribution in [3.8, 4) is 5.75 Å². The summed E-state index contributed by atoms with van der Waals surface area (Å²) in [6.45, 7) is 10.2. The Morgan fingerprint density at radius 3 is 2.49 bits per heavy atom. The second-order valence-corrected chi connectivity index (χ2v) is 9.74. The molecule has 0 fully saturated rings. The zero-order valence-corrected chi connectivity index (χ0v) is 23.3. The van der Waals surface area contributed by atoms with E-state index in [0.29, 0.717) is 40.1 Å². The van der Waals surface area contributed by atoms with Gasteiger partial charge in [-0.1, -0.05) is 37.8 Å². The predicted molar refractivity (Wildman–Crippen MR) is 150 cm³/mol. The number of anilines is 1. The topological polar surface area (TPSA) is 124 Å². The molecule has 0 unspecified atom stereocenters. The molecule has 1 aromatic heterocycles. The largest absolute Gasteiger partial charge is 0.497 e. The van der Waals surface area contributed by atoms with Crippen LogP contribution in [0.25, 0.3) is 0 Å². The Kier molecular flexibility index (Phi) is 10.7. The zero-order chi connectivity index (χ0) is 28.4. The lowest BCUT2D eigenvalue weighted by atomic mass is 10.0. The van der Waals surface area contributed by atoms with E-state index in [1.807, 2.05) is 18.4 Å². The standard InChI is InChI=1S/C28H33N5O5S/c1-6-15-33-25(24(18(3)4)30-26(35)19-11-13-22(37-5)14-12-19)31-32-28(33)39-17-23(34)29-21-10-8-9-20(16-21)27(36)38-7-2/h6,8-14,16,18,24H,1,7,15,17H2,2-5H3,(H,29,34)(H,30,35)/t24-/m0/s1. The Morgan fingerprint density at radius 2 is 1.85 bits per heavy atom. The molecule has 1 heterocycles. The second kappa shape index (κ2) is 14.1. The summed E-state index contributed by atoms with van der Waals surface area (Å²) in [4.78, 5) is 37.6. The van der Waals surface area contributed by atoms with Crippen molar-refractivity contribution >= 4 is 35.2 Å². The van der Waals surface area contributed by atoms with Gasteiger partial charge in [-0.2, -0.15) is 0 Å². The fraction of sp³-hybridized carbons (Fsp3) is 0.321. The van der Waals surface area contributed by atoms with E-state index < -0.39 is 12.0 Å². The van der Waals surface area contributed by atoms with Gasteiger partial charge in [0.05, 0.1) is 31.1 Å². The quantitative estimate of drug-likeness (QED) is 0.181. The van der Waals surface area contributed by atoms with Crippen molar-refractivity contribution in [1.29, 1.82) is 0 Å². The lowest BCUT2D eigenvalue weighted by Crippen LogP contribution is -2.33. The highest BCUT2D eigenvalue weighted by Crippen LogP contribution is 2.26. The van der Waals surface area contributed by atoms with Crippen LogP contribution >= 0.6 is 11.8 Å². The first kappa shape index (κ1) is 29.4. The third kappa shape index (κ3) is 7.93. The van der Waals surface area contributed by atoms with Gasteiger partial charge in [0.15, 0.2) is 11.0 Å². The maximum absolute atomic E-state index is 13.0. The van der Waals surface area contributed by atoms with E-state index in [2.05, 4.69) is 27.4 Å². The van der Waals surface area contributed by atoms with Crippen LogP contribution in [0, 0.1) is 5.92 Å². The van der Waals surface area contributed by atoms with Gasteiger partial charge in [-0.05, 0) is 55.3 Å². The first-order valence-corrected chi connectivity index (χ1v) is 13.4. The zero-order valence-electron chi connectivity index (χ0n) is 22.5. The number of hydrogen-bond acceptors (Lipinski definition) is 8. The number of hydrogen-bond donors (Lipinski definition) is 2. The molecule has 10 nitrogen and oxygen atoms in total. The molecule has 0 radical (unpaired) electrons. The van der Waals surface area contributed by atoms with Crippen LogP contribution in [0.2, 0.25) is 0 Å². The van der Waals surface area contributed by atoms with Crippen LogP contribution in [0.15, 0.2) is 66.3 Å². The van der Waals surface area contributed by atoms with Crippen LogP contribution in [0.4, 0.5) is 5.69 Å². The highest BCUT2D eigenvalue weighted by Gasteiger charge is 2.26. The summed E-state index contributed by atoms with van der Waals surface area (Å²) in [6.07, 6.45) is 1.71. The molecule has 0 saturated carbocycles. The highest BCUT2D eigenvalue weighted by molar-refractivity contribution is 7.99. The Balaban J connectivity index is 1.71. The number of benzene rings is 2. The van der Waals surface area contributed by atoms with E-state index >= 15 is 0 Å². The van der Waals surface area contributed by atoms with Crippen LogP contribution in [-0.2, 0) is 16.1 Å². The van der Waals surface area contributed by atoms with Crippen molar-refractivity contribution in [3.05, 3.63) is 78.1 Å². The van der Waals surface area contributed by atoms with Gasteiger partial charge >= 0.3 is 5.97 Å². The number of methoxy groups -OCH3 is 1. The van der Waals surface area contributed by atoms with E-state index in [1.165, 1.54) is 11.8 Å². The molecule has 2 N–H and O–H groups in total. The van der Waals surface area contributed by atoms with Gasteiger partial charge in [0.25, 0.3) is 5.91 Å². The first-order chi connectivity index (χ1) is 18.8. The van der Waals surface area contributed by atoms with Crippen molar-refractivity contribution in [2.75, 3.05) is 24.8 Å². The summed E-state index contributed by atoms with van der Waals surface area (Å²) in [5.41, 5.74) is 1.34. The van der Waals surface area contributed by atoms with Crippen LogP contribution in [0.3, 0.4) is 0 Å². The van der Waals surface area contributed by atoms with Gasteiger partial charge in [0.1, 0.15) is 5.75 Å². The smallest absolute Gasteiger partial charge is 0.338 e. The molecule has 3 rings (SSSR count). The van der Waals surface area contributed by atoms with Crippen LogP contribution in [0.1, 0.15) is 53.4 Å². The molecule has 206 valence electrons. The van der Waals surface area contributed by atoms with Crippen molar-refractivity contribution in [3.63, 3.8) is 0 Å². The third-order valence-electron chi connectivity index (χ3n) is 5.63. The van der Waals surface area contributed by atoms with Gasteiger partial charge in [-0.25, -0.2) is 4.79 Å². The number of amides is 2. The summed E-state index contributed by atoms with van der Waals surface area (Å²) >= 11 is 1.21. The minimum absolute atomic E-state index is 0.00721. The average Bonchev–Trinajstić information content (AvgIpc) is 3.32. The normalized spacial score (nSPS) is 11.5.